The van der Waals surface area contributed by atoms with Gasteiger partial charge in [0, 0.05) is 19.0 Å². The van der Waals surface area contributed by atoms with Gasteiger partial charge in [0.2, 0.25) is 5.91 Å². The van der Waals surface area contributed by atoms with Gasteiger partial charge in [-0.3, -0.25) is 9.59 Å². The number of rotatable bonds is 9. The number of likely N-dealkylation sites (N-methyl/N-ethyl adjacent to an activating group) is 1. The number of nitrogens with zero attached hydrogens (tertiary/aromatic N) is 1. The minimum Gasteiger partial charge on any atom is -0.481 e. The molecule has 1 fully saturated rings. The fraction of sp³-hybridized carbons (Fsp3) is 0.444. The van der Waals surface area contributed by atoms with Crippen LogP contribution in [0.3, 0.4) is 0 Å². The molecule has 0 saturated heterocycles. The molecule has 0 bridgehead atoms. The van der Waals surface area contributed by atoms with E-state index in [9.17, 15) is 19.5 Å². The highest BCUT2D eigenvalue weighted by molar-refractivity contribution is 5.86. The summed E-state index contributed by atoms with van der Waals surface area (Å²) in [6.07, 6.45) is 1.60. The molecule has 35 heavy (non-hydrogen) atoms. The molecule has 0 aliphatic heterocycles. The van der Waals surface area contributed by atoms with Crippen LogP contribution < -0.4 is 10.6 Å². The highest BCUT2D eigenvalue weighted by atomic mass is 16.5. The molecule has 2 aliphatic rings. The van der Waals surface area contributed by atoms with Crippen LogP contribution in [0.5, 0.6) is 0 Å². The zero-order valence-electron chi connectivity index (χ0n) is 20.2. The largest absolute Gasteiger partial charge is 0.481 e. The van der Waals surface area contributed by atoms with Gasteiger partial charge in [-0.05, 0) is 55.1 Å². The number of hydrogen-bond acceptors (Lipinski definition) is 5. The summed E-state index contributed by atoms with van der Waals surface area (Å²) in [6.45, 7) is 0.744. The molecule has 4 rings (SSSR count). The summed E-state index contributed by atoms with van der Waals surface area (Å²) >= 11 is 0. The van der Waals surface area contributed by atoms with Gasteiger partial charge in [0.05, 0.1) is 5.92 Å². The molecule has 2 aromatic rings. The molecule has 2 amide bonds. The van der Waals surface area contributed by atoms with E-state index in [1.807, 2.05) is 43.3 Å². The molecule has 3 N–H and O–H groups in total. The number of carboxylic acid groups (broad SMARTS) is 1. The molecule has 1 saturated carbocycles. The summed E-state index contributed by atoms with van der Waals surface area (Å²) in [5.41, 5.74) is 4.53. The summed E-state index contributed by atoms with van der Waals surface area (Å²) in [5.74, 6) is -1.75. The van der Waals surface area contributed by atoms with Crippen LogP contribution in [-0.2, 0) is 14.3 Å². The summed E-state index contributed by atoms with van der Waals surface area (Å²) in [7, 11) is 3.63. The minimum atomic E-state index is -0.816. The van der Waals surface area contributed by atoms with E-state index in [1.54, 1.807) is 0 Å². The predicted molar refractivity (Wildman–Crippen MR) is 132 cm³/mol. The monoisotopic (exact) mass is 479 g/mol. The normalized spacial score (nSPS) is 19.6. The van der Waals surface area contributed by atoms with Crippen molar-refractivity contribution in [3.05, 3.63) is 59.7 Å². The van der Waals surface area contributed by atoms with Crippen LogP contribution in [0, 0.1) is 11.8 Å². The average Bonchev–Trinajstić information content (AvgIpc) is 3.43. The number of hydrogen-bond donors (Lipinski definition) is 3. The summed E-state index contributed by atoms with van der Waals surface area (Å²) in [5, 5.41) is 14.9. The van der Waals surface area contributed by atoms with E-state index in [-0.39, 0.29) is 30.9 Å². The number of amides is 2. The highest BCUT2D eigenvalue weighted by Gasteiger charge is 2.34. The first kappa shape index (κ1) is 24.7. The van der Waals surface area contributed by atoms with Crippen LogP contribution in [0.4, 0.5) is 4.79 Å². The van der Waals surface area contributed by atoms with E-state index in [2.05, 4.69) is 34.9 Å². The summed E-state index contributed by atoms with van der Waals surface area (Å²) < 4.78 is 5.60. The predicted octanol–water partition coefficient (Wildman–Crippen LogP) is 3.07. The lowest BCUT2D eigenvalue weighted by molar-refractivity contribution is -0.143. The maximum atomic E-state index is 12.9. The Labute approximate surface area is 205 Å². The third-order valence-corrected chi connectivity index (χ3v) is 7.01. The lowest BCUT2D eigenvalue weighted by Gasteiger charge is -2.23. The van der Waals surface area contributed by atoms with Crippen LogP contribution in [0.2, 0.25) is 0 Å². The van der Waals surface area contributed by atoms with Gasteiger partial charge in [-0.2, -0.15) is 0 Å². The molecule has 186 valence electrons. The Kier molecular flexibility index (Phi) is 7.70. The molecule has 3 atom stereocenters. The first-order valence-electron chi connectivity index (χ1n) is 12.1. The Balaban J connectivity index is 1.36. The molecule has 2 unspecified atom stereocenters. The number of carbonyl (C=O) groups is 3. The average molecular weight is 480 g/mol. The van der Waals surface area contributed by atoms with Gasteiger partial charge in [0.15, 0.2) is 0 Å². The van der Waals surface area contributed by atoms with Gasteiger partial charge in [-0.25, -0.2) is 4.79 Å². The second kappa shape index (κ2) is 10.9. The van der Waals surface area contributed by atoms with Gasteiger partial charge in [-0.15, -0.1) is 0 Å². The van der Waals surface area contributed by atoms with Gasteiger partial charge in [0.1, 0.15) is 12.6 Å². The lowest BCUT2D eigenvalue weighted by Crippen LogP contribution is -2.52. The Morgan fingerprint density at radius 3 is 2.26 bits per heavy atom. The van der Waals surface area contributed by atoms with E-state index in [0.29, 0.717) is 13.0 Å². The fourth-order valence-corrected chi connectivity index (χ4v) is 5.30. The molecular formula is C27H33N3O5. The van der Waals surface area contributed by atoms with E-state index in [4.69, 9.17) is 4.74 Å². The minimum absolute atomic E-state index is 0.0652. The smallest absolute Gasteiger partial charge is 0.407 e. The number of benzene rings is 2. The van der Waals surface area contributed by atoms with Crippen molar-refractivity contribution in [2.45, 2.75) is 31.2 Å². The van der Waals surface area contributed by atoms with Crippen molar-refractivity contribution in [1.82, 2.24) is 15.5 Å². The van der Waals surface area contributed by atoms with Crippen molar-refractivity contribution in [3.8, 4) is 11.1 Å². The number of ether oxygens (including phenoxy) is 1. The fourth-order valence-electron chi connectivity index (χ4n) is 5.30. The molecule has 0 spiro atoms. The summed E-state index contributed by atoms with van der Waals surface area (Å²) in [6, 6.07) is 15.4. The Morgan fingerprint density at radius 1 is 1.03 bits per heavy atom. The van der Waals surface area contributed by atoms with Gasteiger partial charge >= 0.3 is 12.1 Å². The van der Waals surface area contributed by atoms with Crippen molar-refractivity contribution in [2.75, 3.05) is 33.8 Å². The maximum Gasteiger partial charge on any atom is 0.407 e. The van der Waals surface area contributed by atoms with E-state index in [1.165, 1.54) is 0 Å². The van der Waals surface area contributed by atoms with E-state index < -0.39 is 24.0 Å². The third kappa shape index (κ3) is 5.65. The molecular weight excluding hydrogens is 446 g/mol. The zero-order chi connectivity index (χ0) is 24.9. The van der Waals surface area contributed by atoms with Gasteiger partial charge in [0.25, 0.3) is 0 Å². The van der Waals surface area contributed by atoms with Gasteiger partial charge in [-0.1, -0.05) is 55.0 Å². The van der Waals surface area contributed by atoms with Crippen molar-refractivity contribution in [3.63, 3.8) is 0 Å². The molecule has 0 heterocycles. The molecule has 8 heteroatoms. The van der Waals surface area contributed by atoms with Crippen LogP contribution in [-0.4, -0.2) is 67.8 Å². The van der Waals surface area contributed by atoms with Gasteiger partial charge < -0.3 is 25.4 Å². The van der Waals surface area contributed by atoms with Crippen LogP contribution in [0.1, 0.15) is 36.3 Å². The molecule has 2 aliphatic carbocycles. The lowest BCUT2D eigenvalue weighted by atomic mass is 9.96. The maximum absolute atomic E-state index is 12.9. The third-order valence-electron chi connectivity index (χ3n) is 7.01. The van der Waals surface area contributed by atoms with E-state index in [0.717, 1.165) is 35.1 Å². The Morgan fingerprint density at radius 2 is 1.66 bits per heavy atom. The highest BCUT2D eigenvalue weighted by Crippen LogP contribution is 2.44. The topological polar surface area (TPSA) is 108 Å². The number of fused-ring (bicyclic) bond motifs is 3. The van der Waals surface area contributed by atoms with Crippen molar-refractivity contribution in [1.29, 1.82) is 0 Å². The number of aliphatic carboxylic acids is 1. The van der Waals surface area contributed by atoms with Crippen LogP contribution >= 0.6 is 0 Å². The first-order valence-corrected chi connectivity index (χ1v) is 12.1. The first-order chi connectivity index (χ1) is 16.8. The van der Waals surface area contributed by atoms with Crippen molar-refractivity contribution >= 4 is 18.0 Å². The Hall–Kier alpha value is -3.39. The SMILES string of the molecule is CN(C)C[C@H](NC(=O)OCC1c2ccccc2-c2ccccc21)C(=O)NCC1CCCC1C(=O)O. The molecule has 0 radical (unpaired) electrons. The molecule has 0 aromatic heterocycles. The number of carbonyl (C=O) groups excluding carboxylic acids is 2. The number of alkyl carbamates (subject to hydrolysis) is 1. The summed E-state index contributed by atoms with van der Waals surface area (Å²) in [4.78, 5) is 38.8. The van der Waals surface area contributed by atoms with Crippen molar-refractivity contribution < 1.29 is 24.2 Å². The van der Waals surface area contributed by atoms with Crippen LogP contribution in [0.15, 0.2) is 48.5 Å². The quantitative estimate of drug-likeness (QED) is 0.510. The second-order valence-corrected chi connectivity index (χ2v) is 9.67. The Bertz CT molecular complexity index is 1040. The zero-order valence-corrected chi connectivity index (χ0v) is 20.2. The molecule has 2 aromatic carbocycles. The standard InChI is InChI=1S/C27H33N3O5/c1-30(2)15-24(25(31)28-14-17-8-7-13-18(17)26(32)33)29-27(34)35-16-23-21-11-5-3-9-19(21)20-10-4-6-12-22(20)23/h3-6,9-12,17-18,23-24H,7-8,13-16H2,1-2H3,(H,28,31)(H,29,34)(H,32,33)/t17?,18?,24-/m0/s1. The van der Waals surface area contributed by atoms with Crippen LogP contribution in [0.25, 0.3) is 11.1 Å². The van der Waals surface area contributed by atoms with E-state index >= 15 is 0 Å². The number of carboxylic acids is 1. The van der Waals surface area contributed by atoms with Crippen molar-refractivity contribution in [2.24, 2.45) is 11.8 Å². The molecule has 8 nitrogen and oxygen atoms in total. The second-order valence-electron chi connectivity index (χ2n) is 9.67. The number of nitrogens with one attached hydrogen (secondary N) is 2.